The average molecular weight is 272 g/mol. The number of urea groups is 1. The largest absolute Gasteiger partial charge is 0.480 e. The molecule has 0 radical (unpaired) electrons. The smallest absolute Gasteiger partial charge is 0.326 e. The van der Waals surface area contributed by atoms with Gasteiger partial charge in [0.2, 0.25) is 0 Å². The quantitative estimate of drug-likeness (QED) is 0.767. The molecule has 1 fully saturated rings. The number of amides is 2. The summed E-state index contributed by atoms with van der Waals surface area (Å²) in [5.74, 6) is -0.970. The minimum Gasteiger partial charge on any atom is -0.480 e. The third-order valence-electron chi connectivity index (χ3n) is 3.44. The van der Waals surface area contributed by atoms with E-state index >= 15 is 0 Å². The van der Waals surface area contributed by atoms with Crippen LogP contribution in [0.15, 0.2) is 0 Å². The maximum Gasteiger partial charge on any atom is 0.326 e. The van der Waals surface area contributed by atoms with Crippen LogP contribution in [0.1, 0.15) is 39.0 Å². The van der Waals surface area contributed by atoms with E-state index in [4.69, 9.17) is 9.84 Å². The summed E-state index contributed by atoms with van der Waals surface area (Å²) < 4.78 is 5.25. The van der Waals surface area contributed by atoms with Gasteiger partial charge < -0.3 is 20.1 Å². The van der Waals surface area contributed by atoms with E-state index in [0.717, 1.165) is 25.7 Å². The van der Waals surface area contributed by atoms with Crippen molar-refractivity contribution in [3.05, 3.63) is 0 Å². The van der Waals surface area contributed by atoms with Gasteiger partial charge in [-0.25, -0.2) is 9.59 Å². The summed E-state index contributed by atoms with van der Waals surface area (Å²) in [5, 5.41) is 11.7. The zero-order chi connectivity index (χ0) is 14.3. The number of carboxylic acids is 1. The molecule has 2 amide bonds. The second-order valence-corrected chi connectivity index (χ2v) is 4.93. The topological polar surface area (TPSA) is 78.9 Å². The number of carboxylic acid groups (broad SMARTS) is 1. The van der Waals surface area contributed by atoms with Crippen LogP contribution in [0.4, 0.5) is 4.79 Å². The van der Waals surface area contributed by atoms with Crippen LogP contribution in [-0.2, 0) is 9.53 Å². The number of hydrogen-bond donors (Lipinski definition) is 2. The summed E-state index contributed by atoms with van der Waals surface area (Å²) in [6.07, 6.45) is 4.06. The predicted octanol–water partition coefficient (Wildman–Crippen LogP) is 1.45. The third kappa shape index (κ3) is 5.06. The van der Waals surface area contributed by atoms with Gasteiger partial charge >= 0.3 is 12.0 Å². The molecule has 1 rings (SSSR count). The monoisotopic (exact) mass is 272 g/mol. The minimum absolute atomic E-state index is 0.0541. The first kappa shape index (κ1) is 15.8. The van der Waals surface area contributed by atoms with Crippen molar-refractivity contribution in [3.63, 3.8) is 0 Å². The summed E-state index contributed by atoms with van der Waals surface area (Å²) in [6.45, 7) is 3.18. The van der Waals surface area contributed by atoms with Crippen molar-refractivity contribution in [3.8, 4) is 0 Å². The molecule has 0 aromatic heterocycles. The highest BCUT2D eigenvalue weighted by atomic mass is 16.5. The molecular formula is C13H24N2O4. The average Bonchev–Trinajstić information content (AvgIpc) is 2.42. The molecule has 2 N–H and O–H groups in total. The van der Waals surface area contributed by atoms with Gasteiger partial charge in [0.05, 0.1) is 6.10 Å². The van der Waals surface area contributed by atoms with E-state index in [0.29, 0.717) is 19.5 Å². The predicted molar refractivity (Wildman–Crippen MR) is 71.1 cm³/mol. The zero-order valence-corrected chi connectivity index (χ0v) is 11.7. The van der Waals surface area contributed by atoms with E-state index in [1.54, 1.807) is 12.0 Å². The fourth-order valence-electron chi connectivity index (χ4n) is 2.22. The van der Waals surface area contributed by atoms with Gasteiger partial charge in [-0.05, 0) is 19.3 Å². The first-order chi connectivity index (χ1) is 9.08. The molecule has 1 aliphatic heterocycles. The Morgan fingerprint density at radius 3 is 2.84 bits per heavy atom. The molecule has 0 saturated carbocycles. The molecule has 0 bridgehead atoms. The van der Waals surface area contributed by atoms with Gasteiger partial charge in [-0.15, -0.1) is 0 Å². The second kappa shape index (κ2) is 7.99. The Morgan fingerprint density at radius 1 is 1.53 bits per heavy atom. The number of carbonyl (C=O) groups excluding carboxylic acids is 1. The summed E-state index contributed by atoms with van der Waals surface area (Å²) in [4.78, 5) is 24.8. The molecule has 6 heteroatoms. The number of rotatable bonds is 6. The molecule has 0 spiro atoms. The fourth-order valence-corrected chi connectivity index (χ4v) is 2.22. The number of nitrogens with zero attached hydrogens (tertiary/aromatic N) is 1. The first-order valence-electron chi connectivity index (χ1n) is 6.89. The van der Waals surface area contributed by atoms with Crippen molar-refractivity contribution in [2.45, 2.75) is 51.2 Å². The van der Waals surface area contributed by atoms with Crippen LogP contribution in [0, 0.1) is 0 Å². The molecule has 1 unspecified atom stereocenters. The number of aliphatic carboxylic acids is 1. The molecule has 6 nitrogen and oxygen atoms in total. The Balaban J connectivity index is 2.48. The van der Waals surface area contributed by atoms with Crippen LogP contribution in [0.5, 0.6) is 0 Å². The molecule has 2 atom stereocenters. The minimum atomic E-state index is -0.970. The van der Waals surface area contributed by atoms with Crippen LogP contribution < -0.4 is 5.32 Å². The molecule has 110 valence electrons. The van der Waals surface area contributed by atoms with Crippen LogP contribution in [0.2, 0.25) is 0 Å². The van der Waals surface area contributed by atoms with Crippen molar-refractivity contribution in [2.24, 2.45) is 0 Å². The van der Waals surface area contributed by atoms with E-state index < -0.39 is 12.0 Å². The highest BCUT2D eigenvalue weighted by Crippen LogP contribution is 2.13. The van der Waals surface area contributed by atoms with Crippen LogP contribution in [-0.4, -0.2) is 54.4 Å². The van der Waals surface area contributed by atoms with Gasteiger partial charge in [-0.3, -0.25) is 0 Å². The van der Waals surface area contributed by atoms with Gasteiger partial charge in [0, 0.05) is 20.2 Å². The van der Waals surface area contributed by atoms with E-state index in [2.05, 4.69) is 5.32 Å². The van der Waals surface area contributed by atoms with Crippen molar-refractivity contribution in [2.75, 3.05) is 20.2 Å². The number of nitrogens with one attached hydrogen (secondary N) is 1. The van der Waals surface area contributed by atoms with Crippen molar-refractivity contribution in [1.29, 1.82) is 0 Å². The van der Waals surface area contributed by atoms with Crippen LogP contribution in [0.25, 0.3) is 0 Å². The lowest BCUT2D eigenvalue weighted by Crippen LogP contribution is -2.52. The summed E-state index contributed by atoms with van der Waals surface area (Å²) in [5.41, 5.74) is 0. The highest BCUT2D eigenvalue weighted by Gasteiger charge is 2.26. The van der Waals surface area contributed by atoms with E-state index in [1.807, 2.05) is 6.92 Å². The Bertz CT molecular complexity index is 309. The Labute approximate surface area is 114 Å². The number of piperidine rings is 1. The SMILES string of the molecule is CCCC[C@H](NC(=O)N1CCCC(OC)C1)C(=O)O. The second-order valence-electron chi connectivity index (χ2n) is 4.93. The van der Waals surface area contributed by atoms with Crippen LogP contribution in [0.3, 0.4) is 0 Å². The number of methoxy groups -OCH3 is 1. The molecule has 1 aliphatic rings. The van der Waals surface area contributed by atoms with Crippen molar-refractivity contribution < 1.29 is 19.4 Å². The highest BCUT2D eigenvalue weighted by molar-refractivity contribution is 5.82. The van der Waals surface area contributed by atoms with Crippen LogP contribution >= 0.6 is 0 Å². The molecule has 0 aliphatic carbocycles. The van der Waals surface area contributed by atoms with Gasteiger partial charge in [-0.1, -0.05) is 19.8 Å². The van der Waals surface area contributed by atoms with E-state index in [9.17, 15) is 9.59 Å². The maximum atomic E-state index is 12.0. The Kier molecular flexibility index (Phi) is 6.62. The van der Waals surface area contributed by atoms with Gasteiger partial charge in [0.15, 0.2) is 0 Å². The molecule has 1 saturated heterocycles. The molecular weight excluding hydrogens is 248 g/mol. The fraction of sp³-hybridized carbons (Fsp3) is 0.846. The summed E-state index contributed by atoms with van der Waals surface area (Å²) in [7, 11) is 1.63. The van der Waals surface area contributed by atoms with E-state index in [-0.39, 0.29) is 12.1 Å². The molecule has 0 aromatic rings. The Morgan fingerprint density at radius 2 is 2.26 bits per heavy atom. The lowest BCUT2D eigenvalue weighted by atomic mass is 10.1. The third-order valence-corrected chi connectivity index (χ3v) is 3.44. The first-order valence-corrected chi connectivity index (χ1v) is 6.89. The zero-order valence-electron chi connectivity index (χ0n) is 11.7. The van der Waals surface area contributed by atoms with Gasteiger partial charge in [-0.2, -0.15) is 0 Å². The van der Waals surface area contributed by atoms with Gasteiger partial charge in [0.1, 0.15) is 6.04 Å². The number of unbranched alkanes of at least 4 members (excludes halogenated alkanes) is 1. The number of ether oxygens (including phenoxy) is 1. The molecule has 1 heterocycles. The normalized spacial score (nSPS) is 20.9. The maximum absolute atomic E-state index is 12.0. The lowest BCUT2D eigenvalue weighted by Gasteiger charge is -2.32. The standard InChI is InChI=1S/C13H24N2O4/c1-3-4-7-11(12(16)17)14-13(18)15-8-5-6-10(9-15)19-2/h10-11H,3-9H2,1-2H3,(H,14,18)(H,16,17)/t10?,11-/m0/s1. The number of likely N-dealkylation sites (tertiary alicyclic amines) is 1. The van der Waals surface area contributed by atoms with Crippen molar-refractivity contribution >= 4 is 12.0 Å². The molecule has 0 aromatic carbocycles. The summed E-state index contributed by atoms with van der Waals surface area (Å²) in [6, 6.07) is -1.10. The number of hydrogen-bond acceptors (Lipinski definition) is 3. The Hall–Kier alpha value is -1.30. The number of carbonyl (C=O) groups is 2. The lowest BCUT2D eigenvalue weighted by molar-refractivity contribution is -0.139. The summed E-state index contributed by atoms with van der Waals surface area (Å²) >= 11 is 0. The van der Waals surface area contributed by atoms with E-state index in [1.165, 1.54) is 0 Å². The molecule has 19 heavy (non-hydrogen) atoms. The van der Waals surface area contributed by atoms with Gasteiger partial charge in [0.25, 0.3) is 0 Å². The van der Waals surface area contributed by atoms with Crippen molar-refractivity contribution in [1.82, 2.24) is 10.2 Å².